The third-order valence-electron chi connectivity index (χ3n) is 1.60. The molecule has 0 saturated carbocycles. The summed E-state index contributed by atoms with van der Waals surface area (Å²) in [5, 5.41) is 0. The van der Waals surface area contributed by atoms with Gasteiger partial charge in [-0.15, -0.1) is 0 Å². The summed E-state index contributed by atoms with van der Waals surface area (Å²) in [5.74, 6) is 0.684. The van der Waals surface area contributed by atoms with Gasteiger partial charge in [0, 0.05) is 0 Å². The molecule has 1 aromatic rings. The number of allylic oxidation sites excluding steroid dienone is 2. The fourth-order valence-electron chi connectivity index (χ4n) is 1.03. The summed E-state index contributed by atoms with van der Waals surface area (Å²) < 4.78 is 18.3. The number of rotatable bonds is 3. The van der Waals surface area contributed by atoms with Gasteiger partial charge in [0.2, 0.25) is 0 Å². The molecule has 0 amide bonds. The molecule has 0 N–H and O–H groups in total. The first-order valence-corrected chi connectivity index (χ1v) is 4.33. The Balaban J connectivity index is 2.74. The van der Waals surface area contributed by atoms with Crippen LogP contribution >= 0.6 is 0 Å². The summed E-state index contributed by atoms with van der Waals surface area (Å²) in [4.78, 5) is 0. The van der Waals surface area contributed by atoms with Crippen molar-refractivity contribution in [3.63, 3.8) is 0 Å². The first-order valence-electron chi connectivity index (χ1n) is 4.33. The van der Waals surface area contributed by atoms with Gasteiger partial charge in [0.1, 0.15) is 0 Å². The van der Waals surface area contributed by atoms with E-state index in [9.17, 15) is 4.39 Å². The van der Waals surface area contributed by atoms with Crippen molar-refractivity contribution < 1.29 is 9.13 Å². The summed E-state index contributed by atoms with van der Waals surface area (Å²) in [5.41, 5.74) is 0. The highest BCUT2D eigenvalue weighted by Gasteiger charge is 2.00. The van der Waals surface area contributed by atoms with Crippen molar-refractivity contribution in [3.8, 4) is 5.75 Å². The van der Waals surface area contributed by atoms with Gasteiger partial charge >= 0.3 is 0 Å². The van der Waals surface area contributed by atoms with Gasteiger partial charge in [0.15, 0.2) is 11.6 Å². The van der Waals surface area contributed by atoms with E-state index in [4.69, 9.17) is 4.74 Å². The van der Waals surface area contributed by atoms with Gasteiger partial charge in [0.05, 0.1) is 5.76 Å². The molecule has 0 aliphatic rings. The van der Waals surface area contributed by atoms with Crippen LogP contribution in [-0.4, -0.2) is 0 Å². The fourth-order valence-corrected chi connectivity index (χ4v) is 1.03. The second-order valence-corrected chi connectivity index (χ2v) is 2.76. The highest BCUT2D eigenvalue weighted by atomic mass is 19.1. The molecule has 0 aliphatic carbocycles. The van der Waals surface area contributed by atoms with E-state index in [2.05, 4.69) is 0 Å². The van der Waals surface area contributed by atoms with E-state index >= 15 is 0 Å². The Kier molecular flexibility index (Phi) is 3.50. The molecule has 0 aromatic heterocycles. The van der Waals surface area contributed by atoms with Gasteiger partial charge in [-0.3, -0.25) is 0 Å². The molecule has 0 bridgehead atoms. The Labute approximate surface area is 77.8 Å². The summed E-state index contributed by atoms with van der Waals surface area (Å²) >= 11 is 0. The van der Waals surface area contributed by atoms with Crippen molar-refractivity contribution >= 4 is 0 Å². The highest BCUT2D eigenvalue weighted by molar-refractivity contribution is 5.25. The quantitative estimate of drug-likeness (QED) is 0.647. The molecule has 0 unspecified atom stereocenters. The fraction of sp³-hybridized carbons (Fsp3) is 0.273. The molecule has 0 radical (unpaired) electrons. The molecule has 1 rings (SSSR count). The van der Waals surface area contributed by atoms with Crippen LogP contribution in [0.2, 0.25) is 0 Å². The summed E-state index contributed by atoms with van der Waals surface area (Å²) in [6.07, 6.45) is 2.80. The Bertz CT molecular complexity index is 305. The standard InChI is InChI=1S/C11H13FO/c1-3-6-9(2)13-11-8-5-4-7-10(11)12/h4-8H,3H2,1-2H3. The predicted octanol–water partition coefficient (Wildman–Crippen LogP) is 3.52. The molecule has 0 fully saturated rings. The molecule has 0 spiro atoms. The molecule has 0 aliphatic heterocycles. The maximum Gasteiger partial charge on any atom is 0.165 e. The van der Waals surface area contributed by atoms with Gasteiger partial charge in [0.25, 0.3) is 0 Å². The summed E-state index contributed by atoms with van der Waals surface area (Å²) in [7, 11) is 0. The molecule has 2 heteroatoms. The molecule has 70 valence electrons. The SMILES string of the molecule is CCC=C(C)Oc1ccccc1F. The van der Waals surface area contributed by atoms with Crippen LogP contribution in [0.15, 0.2) is 36.1 Å². The minimum absolute atomic E-state index is 0.282. The van der Waals surface area contributed by atoms with Crippen LogP contribution in [0.3, 0.4) is 0 Å². The van der Waals surface area contributed by atoms with Gasteiger partial charge in [-0.2, -0.15) is 0 Å². The van der Waals surface area contributed by atoms with Crippen molar-refractivity contribution in [2.45, 2.75) is 20.3 Å². The molecule has 13 heavy (non-hydrogen) atoms. The van der Waals surface area contributed by atoms with E-state index in [0.29, 0.717) is 0 Å². The van der Waals surface area contributed by atoms with E-state index in [1.807, 2.05) is 19.9 Å². The van der Waals surface area contributed by atoms with E-state index in [0.717, 1.165) is 12.2 Å². The lowest BCUT2D eigenvalue weighted by Gasteiger charge is -2.05. The van der Waals surface area contributed by atoms with Crippen LogP contribution in [-0.2, 0) is 0 Å². The largest absolute Gasteiger partial charge is 0.459 e. The van der Waals surface area contributed by atoms with E-state index < -0.39 is 0 Å². The lowest BCUT2D eigenvalue weighted by Crippen LogP contribution is -1.92. The normalized spacial score (nSPS) is 11.5. The number of hydrogen-bond acceptors (Lipinski definition) is 1. The minimum Gasteiger partial charge on any atom is -0.459 e. The van der Waals surface area contributed by atoms with Crippen LogP contribution < -0.4 is 4.74 Å². The first-order chi connectivity index (χ1) is 6.24. The van der Waals surface area contributed by atoms with Crippen molar-refractivity contribution in [3.05, 3.63) is 41.9 Å². The van der Waals surface area contributed by atoms with Gasteiger partial charge in [-0.1, -0.05) is 19.1 Å². The number of benzene rings is 1. The highest BCUT2D eigenvalue weighted by Crippen LogP contribution is 2.17. The number of hydrogen-bond donors (Lipinski definition) is 0. The van der Waals surface area contributed by atoms with Crippen molar-refractivity contribution in [2.75, 3.05) is 0 Å². The Morgan fingerprint density at radius 1 is 1.46 bits per heavy atom. The molecule has 1 aromatic carbocycles. The lowest BCUT2D eigenvalue weighted by atomic mass is 10.3. The average Bonchev–Trinajstić information content (AvgIpc) is 2.09. The maximum absolute atomic E-state index is 13.0. The minimum atomic E-state index is -0.327. The van der Waals surface area contributed by atoms with E-state index in [1.54, 1.807) is 18.2 Å². The summed E-state index contributed by atoms with van der Waals surface area (Å²) in [6, 6.07) is 6.38. The topological polar surface area (TPSA) is 9.23 Å². The predicted molar refractivity (Wildman–Crippen MR) is 51.1 cm³/mol. The second kappa shape index (κ2) is 4.65. The Hall–Kier alpha value is -1.31. The van der Waals surface area contributed by atoms with Crippen molar-refractivity contribution in [1.29, 1.82) is 0 Å². The third kappa shape index (κ3) is 2.90. The first kappa shape index (κ1) is 9.78. The second-order valence-electron chi connectivity index (χ2n) is 2.76. The lowest BCUT2D eigenvalue weighted by molar-refractivity contribution is 0.396. The molecule has 0 atom stereocenters. The van der Waals surface area contributed by atoms with Gasteiger partial charge in [-0.25, -0.2) is 4.39 Å². The van der Waals surface area contributed by atoms with Crippen LogP contribution in [0, 0.1) is 5.82 Å². The number of halogens is 1. The third-order valence-corrected chi connectivity index (χ3v) is 1.60. The number of para-hydroxylation sites is 1. The number of ether oxygens (including phenoxy) is 1. The Morgan fingerprint density at radius 2 is 2.15 bits per heavy atom. The van der Waals surface area contributed by atoms with Crippen LogP contribution in [0.4, 0.5) is 4.39 Å². The zero-order chi connectivity index (χ0) is 9.68. The molecule has 0 saturated heterocycles. The molecule has 1 nitrogen and oxygen atoms in total. The average molecular weight is 180 g/mol. The monoisotopic (exact) mass is 180 g/mol. The molecular formula is C11H13FO. The zero-order valence-electron chi connectivity index (χ0n) is 7.88. The van der Waals surface area contributed by atoms with Crippen LogP contribution in [0.5, 0.6) is 5.75 Å². The molecular weight excluding hydrogens is 167 g/mol. The maximum atomic E-state index is 13.0. The smallest absolute Gasteiger partial charge is 0.165 e. The van der Waals surface area contributed by atoms with Gasteiger partial charge in [-0.05, 0) is 31.6 Å². The van der Waals surface area contributed by atoms with Crippen LogP contribution in [0.1, 0.15) is 20.3 Å². The summed E-state index contributed by atoms with van der Waals surface area (Å²) in [6.45, 7) is 3.82. The van der Waals surface area contributed by atoms with E-state index in [-0.39, 0.29) is 11.6 Å². The van der Waals surface area contributed by atoms with Crippen LogP contribution in [0.25, 0.3) is 0 Å². The van der Waals surface area contributed by atoms with Crippen molar-refractivity contribution in [2.24, 2.45) is 0 Å². The molecule has 0 heterocycles. The van der Waals surface area contributed by atoms with Crippen molar-refractivity contribution in [1.82, 2.24) is 0 Å². The van der Waals surface area contributed by atoms with E-state index in [1.165, 1.54) is 6.07 Å². The Morgan fingerprint density at radius 3 is 2.77 bits per heavy atom. The van der Waals surface area contributed by atoms with Gasteiger partial charge < -0.3 is 4.74 Å². The zero-order valence-corrected chi connectivity index (χ0v) is 7.88.